The van der Waals surface area contributed by atoms with Gasteiger partial charge in [0.05, 0.1) is 16.9 Å². The van der Waals surface area contributed by atoms with Gasteiger partial charge in [-0.2, -0.15) is 13.2 Å². The van der Waals surface area contributed by atoms with Crippen molar-refractivity contribution in [3.05, 3.63) is 95.8 Å². The topological polar surface area (TPSA) is 114 Å². The average molecular weight is 550 g/mol. The van der Waals surface area contributed by atoms with Crippen molar-refractivity contribution in [2.24, 2.45) is 0 Å². The molecule has 204 valence electrons. The molecule has 0 bridgehead atoms. The molecule has 0 saturated heterocycles. The lowest BCUT2D eigenvalue weighted by atomic mass is 10.1. The number of fused-ring (bicyclic) bond motifs is 1. The fourth-order valence-electron chi connectivity index (χ4n) is 4.08. The Morgan fingerprint density at radius 1 is 0.975 bits per heavy atom. The molecule has 40 heavy (non-hydrogen) atoms. The van der Waals surface area contributed by atoms with Crippen LogP contribution in [0.2, 0.25) is 0 Å². The van der Waals surface area contributed by atoms with Gasteiger partial charge in [-0.25, -0.2) is 9.59 Å². The molecule has 9 nitrogen and oxygen atoms in total. The number of carbonyl (C=O) groups excluding carboxylic acids is 3. The number of hydroxylamine groups is 1. The third kappa shape index (κ3) is 5.80. The average Bonchev–Trinajstić information content (AvgIpc) is 3.41. The molecular weight excluding hydrogens is 529 g/mol. The van der Waals surface area contributed by atoms with Gasteiger partial charge in [-0.05, 0) is 35.9 Å². The van der Waals surface area contributed by atoms with Gasteiger partial charge < -0.3 is 19.9 Å². The van der Waals surface area contributed by atoms with Crippen LogP contribution in [0.25, 0.3) is 22.5 Å². The summed E-state index contributed by atoms with van der Waals surface area (Å²) >= 11 is 0. The van der Waals surface area contributed by atoms with Gasteiger partial charge in [-0.1, -0.05) is 42.5 Å². The predicted octanol–water partition coefficient (Wildman–Crippen LogP) is 5.19. The molecule has 2 aromatic heterocycles. The summed E-state index contributed by atoms with van der Waals surface area (Å²) in [5, 5.41) is 2.95. The quantitative estimate of drug-likeness (QED) is 0.331. The SMILES string of the molecule is O=C1NCCc2[nH]c(-c3ccnc(-c4ccc(N(OC(=O)C(F)(F)F)C(=O)OCc5ccccc5)cc4)c3)cc21. The van der Waals surface area contributed by atoms with Crippen LogP contribution in [0.1, 0.15) is 21.6 Å². The van der Waals surface area contributed by atoms with Crippen molar-refractivity contribution < 1.29 is 37.1 Å². The van der Waals surface area contributed by atoms with Crippen molar-refractivity contribution in [3.8, 4) is 22.5 Å². The zero-order chi connectivity index (χ0) is 28.3. The maximum atomic E-state index is 12.9. The number of H-pyrrole nitrogens is 1. The van der Waals surface area contributed by atoms with Crippen LogP contribution in [0.4, 0.5) is 23.7 Å². The lowest BCUT2D eigenvalue weighted by molar-refractivity contribution is -0.200. The number of halogens is 3. The molecule has 0 spiro atoms. The minimum absolute atomic E-state index is 0.147. The molecule has 2 N–H and O–H groups in total. The van der Waals surface area contributed by atoms with Gasteiger partial charge in [0, 0.05) is 41.7 Å². The molecule has 0 fully saturated rings. The zero-order valence-corrected chi connectivity index (χ0v) is 20.7. The maximum Gasteiger partial charge on any atom is 0.493 e. The van der Waals surface area contributed by atoms with Gasteiger partial charge in [0.25, 0.3) is 5.91 Å². The third-order valence-electron chi connectivity index (χ3n) is 6.05. The molecule has 4 aromatic rings. The van der Waals surface area contributed by atoms with Gasteiger partial charge in [-0.3, -0.25) is 9.78 Å². The van der Waals surface area contributed by atoms with Crippen molar-refractivity contribution in [1.82, 2.24) is 15.3 Å². The number of carbonyl (C=O) groups is 3. The second-order valence-electron chi connectivity index (χ2n) is 8.77. The summed E-state index contributed by atoms with van der Waals surface area (Å²) in [4.78, 5) is 48.3. The molecule has 5 rings (SSSR count). The Kier molecular flexibility index (Phi) is 7.23. The van der Waals surface area contributed by atoms with Crippen molar-refractivity contribution in [1.29, 1.82) is 0 Å². The fourth-order valence-corrected chi connectivity index (χ4v) is 4.08. The summed E-state index contributed by atoms with van der Waals surface area (Å²) in [7, 11) is 0. The second kappa shape index (κ2) is 10.9. The number of benzene rings is 2. The maximum absolute atomic E-state index is 12.9. The van der Waals surface area contributed by atoms with Crippen molar-refractivity contribution >= 4 is 23.7 Å². The van der Waals surface area contributed by atoms with Crippen LogP contribution in [0.3, 0.4) is 0 Å². The molecular formula is C28H21F3N4O5. The van der Waals surface area contributed by atoms with E-state index in [1.165, 1.54) is 24.3 Å². The van der Waals surface area contributed by atoms with E-state index < -0.39 is 18.2 Å². The first-order chi connectivity index (χ1) is 19.2. The van der Waals surface area contributed by atoms with Gasteiger partial charge in [0.15, 0.2) is 0 Å². The minimum atomic E-state index is -5.33. The Balaban J connectivity index is 1.38. The number of aromatic amines is 1. The van der Waals surface area contributed by atoms with Gasteiger partial charge in [0.1, 0.15) is 6.61 Å². The number of aromatic nitrogens is 2. The van der Waals surface area contributed by atoms with Crippen LogP contribution < -0.4 is 10.4 Å². The van der Waals surface area contributed by atoms with Crippen molar-refractivity contribution in [3.63, 3.8) is 0 Å². The molecule has 0 saturated carbocycles. The molecule has 12 heteroatoms. The number of anilines is 1. The first-order valence-electron chi connectivity index (χ1n) is 12.1. The molecule has 0 radical (unpaired) electrons. The lowest BCUT2D eigenvalue weighted by Gasteiger charge is -2.21. The van der Waals surface area contributed by atoms with Gasteiger partial charge in [0.2, 0.25) is 0 Å². The van der Waals surface area contributed by atoms with Crippen molar-refractivity contribution in [2.75, 3.05) is 11.6 Å². The predicted molar refractivity (Wildman–Crippen MR) is 137 cm³/mol. The van der Waals surface area contributed by atoms with E-state index in [2.05, 4.69) is 20.1 Å². The number of nitrogens with one attached hydrogen (secondary N) is 2. The Morgan fingerprint density at radius 2 is 1.73 bits per heavy atom. The highest BCUT2D eigenvalue weighted by molar-refractivity contribution is 5.98. The number of alkyl halides is 3. The highest BCUT2D eigenvalue weighted by Gasteiger charge is 2.44. The van der Waals surface area contributed by atoms with E-state index >= 15 is 0 Å². The van der Waals surface area contributed by atoms with E-state index in [4.69, 9.17) is 4.74 Å². The molecule has 3 heterocycles. The van der Waals surface area contributed by atoms with Crippen molar-refractivity contribution in [2.45, 2.75) is 19.2 Å². The monoisotopic (exact) mass is 550 g/mol. The van der Waals surface area contributed by atoms with Crippen LogP contribution in [0.5, 0.6) is 0 Å². The van der Waals surface area contributed by atoms with Crippen LogP contribution in [0, 0.1) is 0 Å². The van der Waals surface area contributed by atoms with Gasteiger partial charge in [-0.15, -0.1) is 5.06 Å². The summed E-state index contributed by atoms with van der Waals surface area (Å²) in [6.07, 6.45) is -4.38. The number of pyridine rings is 1. The molecule has 2 aromatic carbocycles. The Labute approximate surface area is 225 Å². The van der Waals surface area contributed by atoms with E-state index in [1.54, 1.807) is 54.7 Å². The normalized spacial score (nSPS) is 12.7. The first-order valence-corrected chi connectivity index (χ1v) is 12.1. The highest BCUT2D eigenvalue weighted by Crippen LogP contribution is 2.29. The number of hydrogen-bond acceptors (Lipinski definition) is 6. The smallest absolute Gasteiger partial charge is 0.442 e. The summed E-state index contributed by atoms with van der Waals surface area (Å²) in [6.45, 7) is 0.299. The fraction of sp³-hybridized carbons (Fsp3) is 0.143. The molecule has 0 atom stereocenters. The van der Waals surface area contributed by atoms with Gasteiger partial charge >= 0.3 is 18.2 Å². The van der Waals surface area contributed by atoms with E-state index in [9.17, 15) is 27.6 Å². The zero-order valence-electron chi connectivity index (χ0n) is 20.7. The Morgan fingerprint density at radius 3 is 2.42 bits per heavy atom. The minimum Gasteiger partial charge on any atom is -0.442 e. The summed E-state index contributed by atoms with van der Waals surface area (Å²) in [5.74, 6) is -2.73. The first kappa shape index (κ1) is 26.5. The highest BCUT2D eigenvalue weighted by atomic mass is 19.4. The van der Waals surface area contributed by atoms with E-state index in [0.29, 0.717) is 35.3 Å². The van der Waals surface area contributed by atoms with Crippen LogP contribution in [-0.2, 0) is 27.4 Å². The Bertz CT molecular complexity index is 1550. The molecule has 2 amide bonds. The molecule has 0 unspecified atom stereocenters. The van der Waals surface area contributed by atoms with Crippen LogP contribution in [0.15, 0.2) is 79.0 Å². The van der Waals surface area contributed by atoms with E-state index in [1.807, 2.05) is 0 Å². The molecule has 0 aliphatic carbocycles. The number of hydrogen-bond donors (Lipinski definition) is 2. The van der Waals surface area contributed by atoms with E-state index in [-0.39, 0.29) is 23.3 Å². The molecule has 1 aliphatic rings. The summed E-state index contributed by atoms with van der Waals surface area (Å²) in [5.41, 5.74) is 4.42. The lowest BCUT2D eigenvalue weighted by Crippen LogP contribution is -2.39. The molecule has 1 aliphatic heterocycles. The van der Waals surface area contributed by atoms with E-state index in [0.717, 1.165) is 17.0 Å². The third-order valence-corrected chi connectivity index (χ3v) is 6.05. The number of rotatable bonds is 5. The number of amides is 2. The van der Waals surface area contributed by atoms with Crippen LogP contribution >= 0.6 is 0 Å². The number of nitrogens with zero attached hydrogens (tertiary/aromatic N) is 2. The standard InChI is InChI=1S/C28H21F3N4O5/c29-28(30,31)26(37)40-35(27(38)39-16-17-4-2-1-3-5-17)20-8-6-18(7-9-20)23-14-19(10-12-32-23)24-15-21-22(34-24)11-13-33-25(21)36/h1-10,12,14-15,34H,11,13,16H2,(H,33,36). The Hall–Kier alpha value is -5.13. The van der Waals surface area contributed by atoms with Crippen LogP contribution in [-0.4, -0.2) is 40.7 Å². The summed E-state index contributed by atoms with van der Waals surface area (Å²) in [6, 6.07) is 19.4. The number of ether oxygens (including phenoxy) is 1. The largest absolute Gasteiger partial charge is 0.493 e. The summed E-state index contributed by atoms with van der Waals surface area (Å²) < 4.78 is 43.8. The second-order valence-corrected chi connectivity index (χ2v) is 8.77.